The number of aryl methyl sites for hydroxylation is 1. The Morgan fingerprint density at radius 3 is 2.59 bits per heavy atom. The molecule has 1 atom stereocenters. The minimum absolute atomic E-state index is 0.0817. The highest BCUT2D eigenvalue weighted by molar-refractivity contribution is 7.98. The van der Waals surface area contributed by atoms with Gasteiger partial charge in [0.25, 0.3) is 0 Å². The van der Waals surface area contributed by atoms with Gasteiger partial charge in [0.1, 0.15) is 13.2 Å². The molecule has 0 aliphatic carbocycles. The first-order valence-corrected chi connectivity index (χ1v) is 7.26. The maximum absolute atomic E-state index is 6.21. The second kappa shape index (κ2) is 5.65. The van der Waals surface area contributed by atoms with Gasteiger partial charge in [0, 0.05) is 6.04 Å². The molecule has 2 N–H and O–H groups in total. The highest BCUT2D eigenvalue weighted by Crippen LogP contribution is 2.35. The minimum atomic E-state index is 0.0817. The first-order valence-electron chi connectivity index (χ1n) is 5.87. The zero-order valence-electron chi connectivity index (χ0n) is 10.4. The Labute approximate surface area is 107 Å². The molecule has 1 aliphatic heterocycles. The molecule has 4 heteroatoms. The standard InChI is InChI=1S/C13H19NO2S/c1-9-7-12-13(16-5-4-15-12)8-10(9)11(14)3-6-17-2/h7-8,11H,3-6,14H2,1-2H3. The first kappa shape index (κ1) is 12.6. The van der Waals surface area contributed by atoms with E-state index < -0.39 is 0 Å². The molecular formula is C13H19NO2S. The van der Waals surface area contributed by atoms with Gasteiger partial charge in [-0.1, -0.05) is 0 Å². The van der Waals surface area contributed by atoms with Gasteiger partial charge in [0.15, 0.2) is 11.5 Å². The Balaban J connectivity index is 2.22. The first-order chi connectivity index (χ1) is 8.22. The van der Waals surface area contributed by atoms with Gasteiger partial charge in [0.2, 0.25) is 0 Å². The molecule has 0 aromatic heterocycles. The summed E-state index contributed by atoms with van der Waals surface area (Å²) in [6.45, 7) is 3.33. The van der Waals surface area contributed by atoms with Crippen LogP contribution < -0.4 is 15.2 Å². The minimum Gasteiger partial charge on any atom is -0.486 e. The molecule has 0 spiro atoms. The molecule has 17 heavy (non-hydrogen) atoms. The summed E-state index contributed by atoms with van der Waals surface area (Å²) in [5.41, 5.74) is 8.56. The zero-order chi connectivity index (χ0) is 12.3. The predicted molar refractivity (Wildman–Crippen MR) is 72.1 cm³/mol. The third-order valence-electron chi connectivity index (χ3n) is 2.96. The van der Waals surface area contributed by atoms with Gasteiger partial charge in [-0.05, 0) is 48.6 Å². The molecule has 1 unspecified atom stereocenters. The lowest BCUT2D eigenvalue weighted by Crippen LogP contribution is -2.18. The van der Waals surface area contributed by atoms with Crippen molar-refractivity contribution in [2.24, 2.45) is 5.73 Å². The van der Waals surface area contributed by atoms with Gasteiger partial charge in [-0.2, -0.15) is 11.8 Å². The van der Waals surface area contributed by atoms with Crippen LogP contribution in [0.3, 0.4) is 0 Å². The van der Waals surface area contributed by atoms with Crippen molar-refractivity contribution in [1.29, 1.82) is 0 Å². The Kier molecular flexibility index (Phi) is 4.18. The monoisotopic (exact) mass is 253 g/mol. The number of rotatable bonds is 4. The van der Waals surface area contributed by atoms with Crippen LogP contribution in [0, 0.1) is 6.92 Å². The number of nitrogens with two attached hydrogens (primary N) is 1. The van der Waals surface area contributed by atoms with Crippen LogP contribution in [-0.2, 0) is 0 Å². The van der Waals surface area contributed by atoms with Gasteiger partial charge in [-0.25, -0.2) is 0 Å². The summed E-state index contributed by atoms with van der Waals surface area (Å²) >= 11 is 1.82. The van der Waals surface area contributed by atoms with Gasteiger partial charge in [-0.3, -0.25) is 0 Å². The largest absolute Gasteiger partial charge is 0.486 e. The van der Waals surface area contributed by atoms with Crippen molar-refractivity contribution in [1.82, 2.24) is 0 Å². The molecule has 2 rings (SSSR count). The third-order valence-corrected chi connectivity index (χ3v) is 3.61. The molecular weight excluding hydrogens is 234 g/mol. The van der Waals surface area contributed by atoms with E-state index in [-0.39, 0.29) is 6.04 Å². The van der Waals surface area contributed by atoms with E-state index in [0.29, 0.717) is 13.2 Å². The van der Waals surface area contributed by atoms with Crippen molar-refractivity contribution in [2.45, 2.75) is 19.4 Å². The van der Waals surface area contributed by atoms with E-state index in [0.717, 1.165) is 23.7 Å². The molecule has 0 radical (unpaired) electrons. The van der Waals surface area contributed by atoms with E-state index in [4.69, 9.17) is 15.2 Å². The van der Waals surface area contributed by atoms with Gasteiger partial charge in [0.05, 0.1) is 0 Å². The summed E-state index contributed by atoms with van der Waals surface area (Å²) in [7, 11) is 0. The lowest BCUT2D eigenvalue weighted by molar-refractivity contribution is 0.171. The lowest BCUT2D eigenvalue weighted by atomic mass is 9.99. The molecule has 0 saturated carbocycles. The number of fused-ring (bicyclic) bond motifs is 1. The average molecular weight is 253 g/mol. The lowest BCUT2D eigenvalue weighted by Gasteiger charge is -2.22. The molecule has 0 saturated heterocycles. The average Bonchev–Trinajstić information content (AvgIpc) is 2.35. The van der Waals surface area contributed by atoms with Crippen LogP contribution in [0.15, 0.2) is 12.1 Å². The van der Waals surface area contributed by atoms with Crippen molar-refractivity contribution in [2.75, 3.05) is 25.2 Å². The molecule has 0 bridgehead atoms. The summed E-state index contributed by atoms with van der Waals surface area (Å²) in [6, 6.07) is 4.15. The topological polar surface area (TPSA) is 44.5 Å². The fraction of sp³-hybridized carbons (Fsp3) is 0.538. The Morgan fingerprint density at radius 1 is 1.29 bits per heavy atom. The van der Waals surface area contributed by atoms with E-state index in [2.05, 4.69) is 13.2 Å². The van der Waals surface area contributed by atoms with Crippen molar-refractivity contribution in [3.05, 3.63) is 23.3 Å². The Hall–Kier alpha value is -0.870. The number of thioether (sulfide) groups is 1. The van der Waals surface area contributed by atoms with E-state index >= 15 is 0 Å². The number of hydrogen-bond acceptors (Lipinski definition) is 4. The van der Waals surface area contributed by atoms with Crippen LogP contribution in [0.1, 0.15) is 23.6 Å². The summed E-state index contributed by atoms with van der Waals surface area (Å²) in [4.78, 5) is 0. The highest BCUT2D eigenvalue weighted by atomic mass is 32.2. The van der Waals surface area contributed by atoms with Crippen molar-refractivity contribution >= 4 is 11.8 Å². The van der Waals surface area contributed by atoms with E-state index in [1.54, 1.807) is 0 Å². The maximum atomic E-state index is 6.21. The van der Waals surface area contributed by atoms with Crippen LogP contribution in [0.5, 0.6) is 11.5 Å². The second-order valence-corrected chi connectivity index (χ2v) is 5.23. The zero-order valence-corrected chi connectivity index (χ0v) is 11.2. The Morgan fingerprint density at radius 2 is 1.94 bits per heavy atom. The molecule has 1 heterocycles. The van der Waals surface area contributed by atoms with Crippen molar-refractivity contribution in [3.63, 3.8) is 0 Å². The quantitative estimate of drug-likeness (QED) is 0.895. The van der Waals surface area contributed by atoms with E-state index in [9.17, 15) is 0 Å². The molecule has 0 fully saturated rings. The molecule has 1 aromatic rings. The molecule has 0 amide bonds. The SMILES string of the molecule is CSCCC(N)c1cc2c(cc1C)OCCO2. The van der Waals surface area contributed by atoms with Gasteiger partial charge >= 0.3 is 0 Å². The van der Waals surface area contributed by atoms with Crippen LogP contribution in [-0.4, -0.2) is 25.2 Å². The van der Waals surface area contributed by atoms with Crippen LogP contribution >= 0.6 is 11.8 Å². The van der Waals surface area contributed by atoms with Crippen LogP contribution in [0.25, 0.3) is 0 Å². The van der Waals surface area contributed by atoms with E-state index in [1.165, 1.54) is 11.1 Å². The fourth-order valence-corrected chi connectivity index (χ4v) is 2.50. The molecule has 3 nitrogen and oxygen atoms in total. The normalized spacial score (nSPS) is 15.7. The van der Waals surface area contributed by atoms with Gasteiger partial charge < -0.3 is 15.2 Å². The van der Waals surface area contributed by atoms with Gasteiger partial charge in [-0.15, -0.1) is 0 Å². The smallest absolute Gasteiger partial charge is 0.161 e. The predicted octanol–water partition coefficient (Wildman–Crippen LogP) is 2.52. The summed E-state index contributed by atoms with van der Waals surface area (Å²) in [5, 5.41) is 0. The van der Waals surface area contributed by atoms with Crippen LogP contribution in [0.2, 0.25) is 0 Å². The molecule has 94 valence electrons. The maximum Gasteiger partial charge on any atom is 0.161 e. The summed E-state index contributed by atoms with van der Waals surface area (Å²) in [6.07, 6.45) is 3.09. The van der Waals surface area contributed by atoms with Crippen LogP contribution in [0.4, 0.5) is 0 Å². The second-order valence-electron chi connectivity index (χ2n) is 4.24. The third kappa shape index (κ3) is 2.87. The summed E-state index contributed by atoms with van der Waals surface area (Å²) in [5.74, 6) is 2.75. The molecule has 1 aliphatic rings. The number of ether oxygens (including phenoxy) is 2. The van der Waals surface area contributed by atoms with Crippen molar-refractivity contribution < 1.29 is 9.47 Å². The summed E-state index contributed by atoms with van der Waals surface area (Å²) < 4.78 is 11.1. The van der Waals surface area contributed by atoms with E-state index in [1.807, 2.05) is 23.9 Å². The number of benzene rings is 1. The number of hydrogen-bond donors (Lipinski definition) is 1. The Bertz CT molecular complexity index is 395. The highest BCUT2D eigenvalue weighted by Gasteiger charge is 2.17. The molecule has 1 aromatic carbocycles. The van der Waals surface area contributed by atoms with Crippen molar-refractivity contribution in [3.8, 4) is 11.5 Å². The fourth-order valence-electron chi connectivity index (χ4n) is 2.01.